The number of benzene rings is 2. The summed E-state index contributed by atoms with van der Waals surface area (Å²) < 4.78 is 0. The van der Waals surface area contributed by atoms with E-state index in [0.717, 1.165) is 24.9 Å². The Labute approximate surface area is 154 Å². The summed E-state index contributed by atoms with van der Waals surface area (Å²) in [6.07, 6.45) is 2.23. The van der Waals surface area contributed by atoms with Gasteiger partial charge in [0.15, 0.2) is 0 Å². The van der Waals surface area contributed by atoms with Crippen molar-refractivity contribution in [2.45, 2.75) is 32.4 Å². The van der Waals surface area contributed by atoms with Gasteiger partial charge in [0.2, 0.25) is 5.91 Å². The number of amides is 2. The molecule has 3 rings (SSSR count). The second-order valence-corrected chi connectivity index (χ2v) is 6.77. The van der Waals surface area contributed by atoms with Crippen molar-refractivity contribution in [1.82, 2.24) is 10.6 Å². The van der Waals surface area contributed by atoms with Gasteiger partial charge < -0.3 is 15.5 Å². The lowest BCUT2D eigenvalue weighted by atomic mass is 9.99. The lowest BCUT2D eigenvalue weighted by Crippen LogP contribution is -2.44. The zero-order valence-corrected chi connectivity index (χ0v) is 15.3. The van der Waals surface area contributed by atoms with Gasteiger partial charge >= 0.3 is 0 Å². The molecule has 0 fully saturated rings. The van der Waals surface area contributed by atoms with Gasteiger partial charge in [0.25, 0.3) is 5.91 Å². The van der Waals surface area contributed by atoms with E-state index in [-0.39, 0.29) is 11.8 Å². The van der Waals surface area contributed by atoms with Gasteiger partial charge in [-0.1, -0.05) is 30.3 Å². The SMILES string of the molecule is CC(NC(=O)c1ccccc1)C(=O)NCc1ccc2c(c1)CCCN2C. The van der Waals surface area contributed by atoms with Gasteiger partial charge in [0, 0.05) is 31.4 Å². The van der Waals surface area contributed by atoms with E-state index in [1.807, 2.05) is 12.1 Å². The molecule has 5 nitrogen and oxygen atoms in total. The molecule has 0 saturated carbocycles. The maximum absolute atomic E-state index is 12.3. The monoisotopic (exact) mass is 351 g/mol. The van der Waals surface area contributed by atoms with Crippen molar-refractivity contribution in [2.75, 3.05) is 18.5 Å². The third-order valence-corrected chi connectivity index (χ3v) is 4.74. The van der Waals surface area contributed by atoms with E-state index in [0.29, 0.717) is 12.1 Å². The molecule has 0 radical (unpaired) electrons. The van der Waals surface area contributed by atoms with Crippen LogP contribution in [0.15, 0.2) is 48.5 Å². The smallest absolute Gasteiger partial charge is 0.251 e. The first-order chi connectivity index (χ1) is 12.5. The van der Waals surface area contributed by atoms with Crippen LogP contribution in [0.4, 0.5) is 5.69 Å². The molecule has 136 valence electrons. The predicted molar refractivity (Wildman–Crippen MR) is 103 cm³/mol. The van der Waals surface area contributed by atoms with Crippen molar-refractivity contribution in [3.8, 4) is 0 Å². The molecular formula is C21H25N3O2. The van der Waals surface area contributed by atoms with Gasteiger partial charge in [-0.2, -0.15) is 0 Å². The minimum Gasteiger partial charge on any atom is -0.374 e. The highest BCUT2D eigenvalue weighted by Crippen LogP contribution is 2.26. The van der Waals surface area contributed by atoms with Gasteiger partial charge in [0.05, 0.1) is 0 Å². The molecule has 0 bridgehead atoms. The number of anilines is 1. The highest BCUT2D eigenvalue weighted by molar-refractivity contribution is 5.97. The van der Waals surface area contributed by atoms with Crippen molar-refractivity contribution in [3.05, 3.63) is 65.2 Å². The number of rotatable bonds is 5. The fourth-order valence-corrected chi connectivity index (χ4v) is 3.23. The summed E-state index contributed by atoms with van der Waals surface area (Å²) >= 11 is 0. The number of nitrogens with one attached hydrogen (secondary N) is 2. The molecule has 0 aliphatic carbocycles. The normalized spacial score (nSPS) is 14.3. The Balaban J connectivity index is 1.54. The zero-order chi connectivity index (χ0) is 18.5. The van der Waals surface area contributed by atoms with E-state index in [9.17, 15) is 9.59 Å². The second-order valence-electron chi connectivity index (χ2n) is 6.77. The Hall–Kier alpha value is -2.82. The molecule has 0 saturated heterocycles. The summed E-state index contributed by atoms with van der Waals surface area (Å²) in [7, 11) is 2.11. The van der Waals surface area contributed by atoms with Gasteiger partial charge in [-0.25, -0.2) is 0 Å². The number of nitrogens with zero attached hydrogens (tertiary/aromatic N) is 1. The molecule has 2 N–H and O–H groups in total. The molecule has 1 unspecified atom stereocenters. The first-order valence-electron chi connectivity index (χ1n) is 9.01. The van der Waals surface area contributed by atoms with Crippen LogP contribution in [-0.2, 0) is 17.8 Å². The molecule has 2 aromatic rings. The number of fused-ring (bicyclic) bond motifs is 1. The van der Waals surface area contributed by atoms with Gasteiger partial charge in [-0.15, -0.1) is 0 Å². The van der Waals surface area contributed by atoms with Crippen molar-refractivity contribution >= 4 is 17.5 Å². The first-order valence-corrected chi connectivity index (χ1v) is 9.01. The van der Waals surface area contributed by atoms with Gasteiger partial charge in [-0.3, -0.25) is 9.59 Å². The Kier molecular flexibility index (Phi) is 5.56. The van der Waals surface area contributed by atoms with Crippen molar-refractivity contribution in [2.24, 2.45) is 0 Å². The fraction of sp³-hybridized carbons (Fsp3) is 0.333. The Morgan fingerprint density at radius 1 is 1.15 bits per heavy atom. The molecule has 5 heteroatoms. The summed E-state index contributed by atoms with van der Waals surface area (Å²) in [5.41, 5.74) is 4.23. The lowest BCUT2D eigenvalue weighted by molar-refractivity contribution is -0.122. The molecular weight excluding hydrogens is 326 g/mol. The van der Waals surface area contributed by atoms with Crippen molar-refractivity contribution in [1.29, 1.82) is 0 Å². The third-order valence-electron chi connectivity index (χ3n) is 4.74. The van der Waals surface area contributed by atoms with E-state index >= 15 is 0 Å². The average molecular weight is 351 g/mol. The second kappa shape index (κ2) is 8.04. The van der Waals surface area contributed by atoms with Crippen LogP contribution < -0.4 is 15.5 Å². The lowest BCUT2D eigenvalue weighted by Gasteiger charge is -2.28. The largest absolute Gasteiger partial charge is 0.374 e. The average Bonchev–Trinajstić information content (AvgIpc) is 2.66. The van der Waals surface area contributed by atoms with Crippen LogP contribution >= 0.6 is 0 Å². The summed E-state index contributed by atoms with van der Waals surface area (Å²) in [5.74, 6) is -0.436. The Bertz CT molecular complexity index is 789. The van der Waals surface area contributed by atoms with Crippen LogP contribution in [-0.4, -0.2) is 31.4 Å². The standard InChI is InChI=1S/C21H25N3O2/c1-15(23-21(26)17-7-4-3-5-8-17)20(25)22-14-16-10-11-19-18(13-16)9-6-12-24(19)2/h3-5,7-8,10-11,13,15H,6,9,12,14H2,1-2H3,(H,22,25)(H,23,26). The maximum Gasteiger partial charge on any atom is 0.251 e. The van der Waals surface area contributed by atoms with Crippen molar-refractivity contribution < 1.29 is 9.59 Å². The number of hydrogen-bond donors (Lipinski definition) is 2. The quantitative estimate of drug-likeness (QED) is 0.870. The van der Waals surface area contributed by atoms with Crippen molar-refractivity contribution in [3.63, 3.8) is 0 Å². The minimum absolute atomic E-state index is 0.191. The molecule has 1 aliphatic rings. The Morgan fingerprint density at radius 3 is 2.69 bits per heavy atom. The highest BCUT2D eigenvalue weighted by atomic mass is 16.2. The zero-order valence-electron chi connectivity index (χ0n) is 15.3. The van der Waals surface area contributed by atoms with E-state index in [4.69, 9.17) is 0 Å². The predicted octanol–water partition coefficient (Wildman–Crippen LogP) is 2.50. The maximum atomic E-state index is 12.3. The summed E-state index contributed by atoms with van der Waals surface area (Å²) in [4.78, 5) is 26.7. The van der Waals surface area contributed by atoms with E-state index in [2.05, 4.69) is 34.7 Å². The summed E-state index contributed by atoms with van der Waals surface area (Å²) in [6, 6.07) is 14.6. The molecule has 0 spiro atoms. The molecule has 26 heavy (non-hydrogen) atoms. The molecule has 2 aromatic carbocycles. The van der Waals surface area contributed by atoms with E-state index < -0.39 is 6.04 Å². The van der Waals surface area contributed by atoms with Gasteiger partial charge in [0.1, 0.15) is 6.04 Å². The minimum atomic E-state index is -0.591. The fourth-order valence-electron chi connectivity index (χ4n) is 3.23. The number of carbonyl (C=O) groups is 2. The molecule has 1 atom stereocenters. The van der Waals surface area contributed by atoms with E-state index in [1.165, 1.54) is 11.3 Å². The van der Waals surface area contributed by atoms with Crippen LogP contribution in [0, 0.1) is 0 Å². The summed E-state index contributed by atoms with van der Waals surface area (Å²) in [6.45, 7) is 3.24. The molecule has 1 heterocycles. The summed E-state index contributed by atoms with van der Waals surface area (Å²) in [5, 5.41) is 5.64. The van der Waals surface area contributed by atoms with Crippen LogP contribution in [0.25, 0.3) is 0 Å². The van der Waals surface area contributed by atoms with E-state index in [1.54, 1.807) is 31.2 Å². The van der Waals surface area contributed by atoms with Crippen LogP contribution in [0.1, 0.15) is 34.8 Å². The topological polar surface area (TPSA) is 61.4 Å². The van der Waals surface area contributed by atoms with Gasteiger partial charge in [-0.05, 0) is 49.1 Å². The number of hydrogen-bond acceptors (Lipinski definition) is 3. The Morgan fingerprint density at radius 2 is 1.92 bits per heavy atom. The third kappa shape index (κ3) is 4.23. The molecule has 1 aliphatic heterocycles. The molecule has 0 aromatic heterocycles. The first kappa shape index (κ1) is 18.0. The molecule has 2 amide bonds. The van der Waals surface area contributed by atoms with Crippen LogP contribution in [0.5, 0.6) is 0 Å². The number of aryl methyl sites for hydroxylation is 1. The number of carbonyl (C=O) groups excluding carboxylic acids is 2. The van der Waals surface area contributed by atoms with Crippen LogP contribution in [0.3, 0.4) is 0 Å². The highest BCUT2D eigenvalue weighted by Gasteiger charge is 2.17. The van der Waals surface area contributed by atoms with Crippen LogP contribution in [0.2, 0.25) is 0 Å².